The van der Waals surface area contributed by atoms with Crippen LogP contribution in [0, 0.1) is 0 Å². The molecule has 0 aromatic rings. The van der Waals surface area contributed by atoms with E-state index in [1.807, 2.05) is 6.92 Å². The summed E-state index contributed by atoms with van der Waals surface area (Å²) < 4.78 is 10.2. The van der Waals surface area contributed by atoms with Gasteiger partial charge in [0.15, 0.2) is 0 Å². The minimum absolute atomic E-state index is 0.0130. The van der Waals surface area contributed by atoms with Gasteiger partial charge in [-0.2, -0.15) is 0 Å². The second-order valence-corrected chi connectivity index (χ2v) is 4.69. The second-order valence-electron chi connectivity index (χ2n) is 2.42. The highest BCUT2D eigenvalue weighted by Gasteiger charge is 2.15. The zero-order valence-corrected chi connectivity index (χ0v) is 8.90. The van der Waals surface area contributed by atoms with Crippen LogP contribution in [-0.2, 0) is 13.6 Å². The summed E-state index contributed by atoms with van der Waals surface area (Å²) in [7, 11) is 1.67. The van der Waals surface area contributed by atoms with Crippen LogP contribution in [0.1, 0.15) is 13.3 Å². The van der Waals surface area contributed by atoms with E-state index < -0.39 is 9.28 Å². The Morgan fingerprint density at radius 2 is 2.08 bits per heavy atom. The maximum atomic E-state index is 9.97. The minimum atomic E-state index is -1.57. The molecular weight excluding hydrogens is 174 g/mol. The Kier molecular flexibility index (Phi) is 6.89. The lowest BCUT2D eigenvalue weighted by molar-refractivity contribution is 0.274. The highest BCUT2D eigenvalue weighted by molar-refractivity contribution is 6.44. The van der Waals surface area contributed by atoms with Crippen molar-refractivity contribution in [2.24, 2.45) is 4.99 Å². The van der Waals surface area contributed by atoms with Crippen LogP contribution in [0.15, 0.2) is 4.99 Å². The SMILES string of the molecule is CCC(C[SiH](OC)OC)N=C=O. The quantitative estimate of drug-likeness (QED) is 0.349. The molecular formula is C7H15NO3Si. The number of isocyanates is 1. The van der Waals surface area contributed by atoms with Crippen LogP contribution in [0.25, 0.3) is 0 Å². The Hall–Kier alpha value is -0.483. The van der Waals surface area contributed by atoms with Crippen molar-refractivity contribution in [2.45, 2.75) is 25.4 Å². The van der Waals surface area contributed by atoms with Crippen LogP contribution < -0.4 is 0 Å². The van der Waals surface area contributed by atoms with Gasteiger partial charge in [0.05, 0.1) is 6.04 Å². The molecule has 0 N–H and O–H groups in total. The number of aliphatic imine (C=N–C) groups is 1. The average molecular weight is 189 g/mol. The number of nitrogens with zero attached hydrogens (tertiary/aromatic N) is 1. The van der Waals surface area contributed by atoms with Gasteiger partial charge < -0.3 is 8.85 Å². The van der Waals surface area contributed by atoms with Gasteiger partial charge in [0.25, 0.3) is 0 Å². The summed E-state index contributed by atoms with van der Waals surface area (Å²) in [4.78, 5) is 13.6. The predicted octanol–water partition coefficient (Wildman–Crippen LogP) is 0.614. The fourth-order valence-electron chi connectivity index (χ4n) is 0.896. The zero-order valence-electron chi connectivity index (χ0n) is 7.74. The van der Waals surface area contributed by atoms with Gasteiger partial charge in [0, 0.05) is 20.3 Å². The lowest BCUT2D eigenvalue weighted by Gasteiger charge is -2.13. The summed E-state index contributed by atoms with van der Waals surface area (Å²) in [6, 6.07) is 0.748. The first kappa shape index (κ1) is 11.5. The summed E-state index contributed by atoms with van der Waals surface area (Å²) in [5.74, 6) is 0. The first-order chi connectivity index (χ1) is 5.78. The average Bonchev–Trinajstić information content (AvgIpc) is 2.12. The second kappa shape index (κ2) is 7.18. The van der Waals surface area contributed by atoms with E-state index in [9.17, 15) is 4.79 Å². The minimum Gasteiger partial charge on any atom is -0.400 e. The van der Waals surface area contributed by atoms with Gasteiger partial charge in [0.2, 0.25) is 6.08 Å². The van der Waals surface area contributed by atoms with Gasteiger partial charge in [0.1, 0.15) is 0 Å². The molecule has 0 rings (SSSR count). The highest BCUT2D eigenvalue weighted by atomic mass is 28.3. The van der Waals surface area contributed by atoms with Crippen molar-refractivity contribution >= 4 is 15.4 Å². The molecule has 0 fully saturated rings. The summed E-state index contributed by atoms with van der Waals surface area (Å²) in [6.45, 7) is 1.97. The molecule has 0 amide bonds. The van der Waals surface area contributed by atoms with E-state index in [0.717, 1.165) is 12.5 Å². The van der Waals surface area contributed by atoms with Crippen molar-refractivity contribution < 1.29 is 13.6 Å². The standard InChI is InChI=1S/C7H15NO3Si/c1-4-7(8-6-9)5-12(10-2)11-3/h7,12H,4-5H2,1-3H3. The Morgan fingerprint density at radius 1 is 1.50 bits per heavy atom. The smallest absolute Gasteiger partial charge is 0.323 e. The van der Waals surface area contributed by atoms with E-state index in [1.165, 1.54) is 0 Å². The van der Waals surface area contributed by atoms with Crippen molar-refractivity contribution in [3.63, 3.8) is 0 Å². The molecule has 12 heavy (non-hydrogen) atoms. The Morgan fingerprint density at radius 3 is 2.42 bits per heavy atom. The third kappa shape index (κ3) is 4.41. The van der Waals surface area contributed by atoms with Gasteiger partial charge in [-0.05, 0) is 6.42 Å². The van der Waals surface area contributed by atoms with E-state index in [4.69, 9.17) is 8.85 Å². The number of hydrogen-bond donors (Lipinski definition) is 0. The summed E-state index contributed by atoms with van der Waals surface area (Å²) in [5, 5.41) is 0. The zero-order chi connectivity index (χ0) is 9.40. The molecule has 4 nitrogen and oxygen atoms in total. The van der Waals surface area contributed by atoms with Gasteiger partial charge in [-0.1, -0.05) is 6.92 Å². The van der Waals surface area contributed by atoms with E-state index in [2.05, 4.69) is 4.99 Å². The van der Waals surface area contributed by atoms with E-state index in [0.29, 0.717) is 0 Å². The molecule has 1 atom stereocenters. The first-order valence-electron chi connectivity index (χ1n) is 3.91. The molecule has 0 aromatic heterocycles. The van der Waals surface area contributed by atoms with Crippen LogP contribution in [0.2, 0.25) is 6.04 Å². The van der Waals surface area contributed by atoms with Crippen molar-refractivity contribution in [1.82, 2.24) is 0 Å². The topological polar surface area (TPSA) is 47.9 Å². The maximum absolute atomic E-state index is 9.97. The monoisotopic (exact) mass is 189 g/mol. The van der Waals surface area contributed by atoms with Crippen LogP contribution >= 0.6 is 0 Å². The molecule has 70 valence electrons. The summed E-state index contributed by atoms with van der Waals surface area (Å²) >= 11 is 0. The molecule has 0 aliphatic carbocycles. The fourth-order valence-corrected chi connectivity index (χ4v) is 2.36. The van der Waals surface area contributed by atoms with Crippen molar-refractivity contribution in [2.75, 3.05) is 14.2 Å². The largest absolute Gasteiger partial charge is 0.400 e. The molecule has 5 heteroatoms. The molecule has 0 saturated heterocycles. The lowest BCUT2D eigenvalue weighted by atomic mass is 10.3. The van der Waals surface area contributed by atoms with E-state index in [-0.39, 0.29) is 6.04 Å². The normalized spacial score (nSPS) is 12.7. The molecule has 0 aromatic carbocycles. The van der Waals surface area contributed by atoms with Crippen LogP contribution in [0.5, 0.6) is 0 Å². The third-order valence-corrected chi connectivity index (χ3v) is 3.68. The maximum Gasteiger partial charge on any atom is 0.323 e. The van der Waals surface area contributed by atoms with E-state index >= 15 is 0 Å². The number of rotatable bonds is 6. The number of hydrogen-bond acceptors (Lipinski definition) is 4. The molecule has 0 aliphatic heterocycles. The van der Waals surface area contributed by atoms with Gasteiger partial charge >= 0.3 is 9.28 Å². The van der Waals surface area contributed by atoms with Gasteiger partial charge in [-0.15, -0.1) is 0 Å². The number of carbonyl (C=O) groups excluding carboxylic acids is 1. The Bertz CT molecular complexity index is 155. The Balaban J connectivity index is 3.90. The van der Waals surface area contributed by atoms with Crippen LogP contribution in [-0.4, -0.2) is 35.6 Å². The fraction of sp³-hybridized carbons (Fsp3) is 0.857. The van der Waals surface area contributed by atoms with Crippen LogP contribution in [0.3, 0.4) is 0 Å². The Labute approximate surface area is 74.4 Å². The molecule has 0 saturated carbocycles. The predicted molar refractivity (Wildman–Crippen MR) is 48.2 cm³/mol. The van der Waals surface area contributed by atoms with Gasteiger partial charge in [-0.25, -0.2) is 9.79 Å². The lowest BCUT2D eigenvalue weighted by Crippen LogP contribution is -2.24. The van der Waals surface area contributed by atoms with Crippen molar-refractivity contribution in [3.05, 3.63) is 0 Å². The van der Waals surface area contributed by atoms with Gasteiger partial charge in [-0.3, -0.25) is 0 Å². The molecule has 0 radical (unpaired) electrons. The summed E-state index contributed by atoms with van der Waals surface area (Å²) in [5.41, 5.74) is 0. The molecule has 1 unspecified atom stereocenters. The third-order valence-electron chi connectivity index (χ3n) is 1.70. The molecule has 0 bridgehead atoms. The van der Waals surface area contributed by atoms with Crippen LogP contribution in [0.4, 0.5) is 0 Å². The molecule has 0 aliphatic rings. The summed E-state index contributed by atoms with van der Waals surface area (Å²) in [6.07, 6.45) is 2.38. The van der Waals surface area contributed by atoms with Crippen molar-refractivity contribution in [3.8, 4) is 0 Å². The van der Waals surface area contributed by atoms with Crippen molar-refractivity contribution in [1.29, 1.82) is 0 Å². The first-order valence-corrected chi connectivity index (χ1v) is 5.66. The van der Waals surface area contributed by atoms with E-state index in [1.54, 1.807) is 20.3 Å². The highest BCUT2D eigenvalue weighted by Crippen LogP contribution is 2.07. The molecule has 0 heterocycles. The molecule has 0 spiro atoms.